The van der Waals surface area contributed by atoms with E-state index in [1.165, 1.54) is 18.4 Å². The quantitative estimate of drug-likeness (QED) is 0.252. The number of esters is 1. The number of carbonyl (C=O) groups is 2. The lowest BCUT2D eigenvalue weighted by Crippen LogP contribution is -2.55. The molecule has 3 aromatic heterocycles. The van der Waals surface area contributed by atoms with Crippen molar-refractivity contribution in [2.45, 2.75) is 32.0 Å². The number of rotatable bonds is 11. The van der Waals surface area contributed by atoms with Crippen molar-refractivity contribution in [3.63, 3.8) is 0 Å². The van der Waals surface area contributed by atoms with Gasteiger partial charge in [0.2, 0.25) is 0 Å². The molecule has 210 valence electrons. The molecule has 0 aliphatic carbocycles. The van der Waals surface area contributed by atoms with Crippen LogP contribution in [0.4, 0.5) is 5.13 Å². The van der Waals surface area contributed by atoms with E-state index in [0.717, 1.165) is 0 Å². The molecule has 0 radical (unpaired) electrons. The number of piperidine rings is 1. The zero-order valence-corrected chi connectivity index (χ0v) is 24.2. The minimum absolute atomic E-state index is 0.183. The summed E-state index contributed by atoms with van der Waals surface area (Å²) in [5, 5.41) is 4.15. The number of amides is 1. The number of ether oxygens (including phenoxy) is 3. The van der Waals surface area contributed by atoms with Crippen LogP contribution in [-0.4, -0.2) is 84.1 Å². The van der Waals surface area contributed by atoms with E-state index in [0.29, 0.717) is 71.5 Å². The van der Waals surface area contributed by atoms with Gasteiger partial charge in [-0.25, -0.2) is 14.8 Å². The van der Waals surface area contributed by atoms with Gasteiger partial charge in [0.05, 0.1) is 42.5 Å². The van der Waals surface area contributed by atoms with E-state index < -0.39 is 5.97 Å². The lowest BCUT2D eigenvalue weighted by Gasteiger charge is -2.38. The van der Waals surface area contributed by atoms with Crippen LogP contribution in [0.2, 0.25) is 10.0 Å². The van der Waals surface area contributed by atoms with Crippen molar-refractivity contribution in [1.82, 2.24) is 24.8 Å². The van der Waals surface area contributed by atoms with E-state index in [2.05, 4.69) is 21.9 Å². The van der Waals surface area contributed by atoms with Crippen molar-refractivity contribution >= 4 is 51.5 Å². The van der Waals surface area contributed by atoms with Crippen molar-refractivity contribution in [2.24, 2.45) is 0 Å². The van der Waals surface area contributed by atoms with Crippen LogP contribution in [0, 0.1) is 6.92 Å². The Bertz CT molecular complexity index is 1340. The number of aromatic amines is 1. The normalized spacial score (nSPS) is 17.3. The standard InChI is InChI=1S/C25H30Cl2N6O5S/c1-5-11-38-16-13-33(8-6-15(16)30-23(34)19-18(27)17(26)14(2)29-19)25-31-20(21(39-25)24(35)37-4)22-28-7-9-32(22)10-12-36-3/h5,7,9,15-16,29H,1,6,8,10-13H2,2-4H3,(H,30,34)/t15-,16+/m1/s1. The van der Waals surface area contributed by atoms with Gasteiger partial charge in [-0.15, -0.1) is 6.58 Å². The summed E-state index contributed by atoms with van der Waals surface area (Å²) < 4.78 is 18.2. The average molecular weight is 598 g/mol. The lowest BCUT2D eigenvalue weighted by molar-refractivity contribution is 0.0355. The number of hydrogen-bond acceptors (Lipinski definition) is 9. The maximum Gasteiger partial charge on any atom is 0.350 e. The number of H-pyrrole nitrogens is 1. The lowest BCUT2D eigenvalue weighted by atomic mass is 10.0. The highest BCUT2D eigenvalue weighted by Gasteiger charge is 2.35. The van der Waals surface area contributed by atoms with Crippen LogP contribution in [0.5, 0.6) is 0 Å². The van der Waals surface area contributed by atoms with Crippen LogP contribution in [0.3, 0.4) is 0 Å². The second-order valence-electron chi connectivity index (χ2n) is 8.83. The molecule has 0 saturated carbocycles. The maximum atomic E-state index is 13.0. The Kier molecular flexibility index (Phi) is 9.67. The van der Waals surface area contributed by atoms with E-state index >= 15 is 0 Å². The van der Waals surface area contributed by atoms with Gasteiger partial charge in [-0.1, -0.05) is 40.6 Å². The molecule has 3 aromatic rings. The fourth-order valence-corrected chi connectivity index (χ4v) is 5.74. The smallest absolute Gasteiger partial charge is 0.350 e. The number of nitrogens with one attached hydrogen (secondary N) is 2. The molecule has 1 fully saturated rings. The van der Waals surface area contributed by atoms with Crippen molar-refractivity contribution in [3.8, 4) is 11.5 Å². The van der Waals surface area contributed by atoms with Crippen molar-refractivity contribution in [1.29, 1.82) is 0 Å². The average Bonchev–Trinajstić information content (AvgIpc) is 3.65. The SMILES string of the molecule is C=CCO[C@H]1CN(c2nc(-c3nccn3CCOC)c(C(=O)OC)s2)CC[C@H]1NC(=O)c1[nH]c(C)c(Cl)c1Cl. The molecule has 14 heteroatoms. The van der Waals surface area contributed by atoms with Crippen molar-refractivity contribution in [3.05, 3.63) is 51.4 Å². The number of hydrogen-bond donors (Lipinski definition) is 2. The predicted octanol–water partition coefficient (Wildman–Crippen LogP) is 3.96. The minimum Gasteiger partial charge on any atom is -0.465 e. The van der Waals surface area contributed by atoms with Crippen LogP contribution in [0.25, 0.3) is 11.5 Å². The molecule has 2 N–H and O–H groups in total. The van der Waals surface area contributed by atoms with E-state index in [1.807, 2.05) is 15.7 Å². The molecular formula is C25H30Cl2N6O5S. The minimum atomic E-state index is -0.492. The maximum absolute atomic E-state index is 13.0. The van der Waals surface area contributed by atoms with Crippen molar-refractivity contribution in [2.75, 3.05) is 45.4 Å². The number of aromatic nitrogens is 4. The number of carbonyl (C=O) groups excluding carboxylic acids is 2. The Morgan fingerprint density at radius 3 is 2.79 bits per heavy atom. The Hall–Kier alpha value is -2.90. The summed E-state index contributed by atoms with van der Waals surface area (Å²) >= 11 is 13.6. The van der Waals surface area contributed by atoms with Crippen LogP contribution in [0.1, 0.15) is 32.3 Å². The topological polar surface area (TPSA) is 124 Å². The third kappa shape index (κ3) is 6.30. The first-order chi connectivity index (χ1) is 18.8. The van der Waals surface area contributed by atoms with Gasteiger partial charge in [-0.3, -0.25) is 4.79 Å². The highest BCUT2D eigenvalue weighted by Crippen LogP contribution is 2.35. The van der Waals surface area contributed by atoms with Crippen LogP contribution >= 0.6 is 34.5 Å². The molecule has 1 saturated heterocycles. The van der Waals surface area contributed by atoms with Gasteiger partial charge in [0.15, 0.2) is 11.0 Å². The van der Waals surface area contributed by atoms with Gasteiger partial charge in [0.1, 0.15) is 16.3 Å². The molecule has 4 rings (SSSR count). The van der Waals surface area contributed by atoms with Crippen LogP contribution in [0.15, 0.2) is 25.0 Å². The van der Waals surface area contributed by atoms with Gasteiger partial charge in [0.25, 0.3) is 5.91 Å². The first-order valence-electron chi connectivity index (χ1n) is 12.2. The summed E-state index contributed by atoms with van der Waals surface area (Å²) in [5.74, 6) is -0.310. The number of imidazole rings is 1. The van der Waals surface area contributed by atoms with Gasteiger partial charge in [-0.2, -0.15) is 0 Å². The summed E-state index contributed by atoms with van der Waals surface area (Å²) in [6.07, 6.45) is 5.29. The molecule has 1 aliphatic rings. The fourth-order valence-electron chi connectivity index (χ4n) is 4.31. The summed E-state index contributed by atoms with van der Waals surface area (Å²) in [6, 6.07) is -0.306. The molecule has 0 spiro atoms. The predicted molar refractivity (Wildman–Crippen MR) is 150 cm³/mol. The Morgan fingerprint density at radius 2 is 2.13 bits per heavy atom. The molecule has 1 aliphatic heterocycles. The molecule has 0 unspecified atom stereocenters. The van der Waals surface area contributed by atoms with E-state index in [9.17, 15) is 9.59 Å². The molecule has 0 aromatic carbocycles. The Balaban J connectivity index is 1.57. The number of halogens is 2. The highest BCUT2D eigenvalue weighted by atomic mass is 35.5. The number of nitrogens with zero attached hydrogens (tertiary/aromatic N) is 4. The number of aryl methyl sites for hydroxylation is 1. The fraction of sp³-hybridized carbons (Fsp3) is 0.440. The zero-order chi connectivity index (χ0) is 28.1. The van der Waals surface area contributed by atoms with Gasteiger partial charge >= 0.3 is 5.97 Å². The summed E-state index contributed by atoms with van der Waals surface area (Å²) in [5.41, 5.74) is 1.26. The number of anilines is 1. The van der Waals surface area contributed by atoms with E-state index in [4.69, 9.17) is 42.4 Å². The first kappa shape index (κ1) is 29.1. The number of thiazole rings is 1. The largest absolute Gasteiger partial charge is 0.465 e. The second-order valence-corrected chi connectivity index (χ2v) is 10.6. The second kappa shape index (κ2) is 13.0. The van der Waals surface area contributed by atoms with Crippen LogP contribution in [-0.2, 0) is 20.8 Å². The van der Waals surface area contributed by atoms with Gasteiger partial charge < -0.3 is 34.0 Å². The molecule has 4 heterocycles. The van der Waals surface area contributed by atoms with Crippen molar-refractivity contribution < 1.29 is 23.8 Å². The highest BCUT2D eigenvalue weighted by molar-refractivity contribution is 7.17. The van der Waals surface area contributed by atoms with E-state index in [-0.39, 0.29) is 28.8 Å². The zero-order valence-electron chi connectivity index (χ0n) is 21.8. The monoisotopic (exact) mass is 596 g/mol. The van der Waals surface area contributed by atoms with Gasteiger partial charge in [-0.05, 0) is 13.3 Å². The molecule has 2 atom stereocenters. The first-order valence-corrected chi connectivity index (χ1v) is 13.8. The third-order valence-electron chi connectivity index (χ3n) is 6.31. The van der Waals surface area contributed by atoms with Crippen LogP contribution < -0.4 is 10.2 Å². The third-order valence-corrected chi connectivity index (χ3v) is 8.35. The molecule has 39 heavy (non-hydrogen) atoms. The van der Waals surface area contributed by atoms with E-state index in [1.54, 1.807) is 26.3 Å². The molecule has 1 amide bonds. The molecule has 11 nitrogen and oxygen atoms in total. The molecule has 0 bridgehead atoms. The number of methoxy groups -OCH3 is 2. The summed E-state index contributed by atoms with van der Waals surface area (Å²) in [7, 11) is 2.96. The molecular weight excluding hydrogens is 567 g/mol. The summed E-state index contributed by atoms with van der Waals surface area (Å²) in [6.45, 7) is 7.79. The Labute approximate surface area is 240 Å². The van der Waals surface area contributed by atoms with Gasteiger partial charge in [0, 0.05) is 44.8 Å². The Morgan fingerprint density at radius 1 is 1.33 bits per heavy atom. The summed E-state index contributed by atoms with van der Waals surface area (Å²) in [4.78, 5) is 40.3.